The Morgan fingerprint density at radius 1 is 1.32 bits per heavy atom. The first-order valence-corrected chi connectivity index (χ1v) is 7.81. The monoisotopic (exact) mass is 298 g/mol. The van der Waals surface area contributed by atoms with E-state index in [1.807, 2.05) is 25.2 Å². The molecule has 0 radical (unpaired) electrons. The van der Waals surface area contributed by atoms with Crippen LogP contribution in [0.3, 0.4) is 0 Å². The third kappa shape index (κ3) is 3.39. The quantitative estimate of drug-likeness (QED) is 0.943. The number of hydrogen-bond donors (Lipinski definition) is 1. The highest BCUT2D eigenvalue weighted by Crippen LogP contribution is 2.23. The van der Waals surface area contributed by atoms with E-state index in [4.69, 9.17) is 4.42 Å². The van der Waals surface area contributed by atoms with Gasteiger partial charge in [-0.2, -0.15) is 0 Å². The fraction of sp³-hybridized carbons (Fsp3) is 0.389. The van der Waals surface area contributed by atoms with Crippen LogP contribution in [0.2, 0.25) is 0 Å². The second kappa shape index (κ2) is 6.79. The molecular formula is C18H22N2O2. The van der Waals surface area contributed by atoms with Crippen molar-refractivity contribution in [3.05, 3.63) is 59.5 Å². The molecule has 1 amide bonds. The number of carbonyl (C=O) groups is 1. The molecule has 1 aliphatic heterocycles. The lowest BCUT2D eigenvalue weighted by Crippen LogP contribution is -2.28. The van der Waals surface area contributed by atoms with Crippen molar-refractivity contribution >= 4 is 5.91 Å². The zero-order chi connectivity index (χ0) is 15.4. The van der Waals surface area contributed by atoms with Crippen LogP contribution in [0.4, 0.5) is 0 Å². The molecule has 1 unspecified atom stereocenters. The summed E-state index contributed by atoms with van der Waals surface area (Å²) in [7, 11) is 1.81. The highest BCUT2D eigenvalue weighted by molar-refractivity contribution is 5.94. The Morgan fingerprint density at radius 2 is 2.14 bits per heavy atom. The highest BCUT2D eigenvalue weighted by atomic mass is 16.3. The summed E-state index contributed by atoms with van der Waals surface area (Å²) in [6.07, 6.45) is 5.74. The first-order chi connectivity index (χ1) is 10.7. The maximum atomic E-state index is 12.4. The minimum absolute atomic E-state index is 0.0366. The van der Waals surface area contributed by atoms with E-state index in [0.29, 0.717) is 12.5 Å². The third-order valence-corrected chi connectivity index (χ3v) is 4.27. The molecule has 0 saturated carbocycles. The van der Waals surface area contributed by atoms with Gasteiger partial charge in [0.1, 0.15) is 0 Å². The van der Waals surface area contributed by atoms with Crippen LogP contribution in [-0.4, -0.2) is 30.9 Å². The number of piperidine rings is 1. The van der Waals surface area contributed by atoms with Crippen molar-refractivity contribution in [2.24, 2.45) is 0 Å². The van der Waals surface area contributed by atoms with Gasteiger partial charge in [0.2, 0.25) is 0 Å². The normalized spacial score (nSPS) is 18.1. The summed E-state index contributed by atoms with van der Waals surface area (Å²) >= 11 is 0. The molecule has 116 valence electrons. The Kier molecular flexibility index (Phi) is 4.59. The van der Waals surface area contributed by atoms with Gasteiger partial charge >= 0.3 is 0 Å². The average Bonchev–Trinajstić information content (AvgIpc) is 3.08. The summed E-state index contributed by atoms with van der Waals surface area (Å²) in [4.78, 5) is 14.2. The summed E-state index contributed by atoms with van der Waals surface area (Å²) in [6.45, 7) is 2.71. The smallest absolute Gasteiger partial charge is 0.253 e. The van der Waals surface area contributed by atoms with E-state index in [2.05, 4.69) is 17.4 Å². The number of nitrogens with one attached hydrogen (secondary N) is 1. The van der Waals surface area contributed by atoms with Crippen molar-refractivity contribution in [3.63, 3.8) is 0 Å². The van der Waals surface area contributed by atoms with E-state index < -0.39 is 0 Å². The van der Waals surface area contributed by atoms with Crippen molar-refractivity contribution in [2.75, 3.05) is 20.1 Å². The molecule has 4 nitrogen and oxygen atoms in total. The zero-order valence-corrected chi connectivity index (χ0v) is 12.9. The molecule has 1 fully saturated rings. The number of hydrogen-bond acceptors (Lipinski definition) is 3. The predicted molar refractivity (Wildman–Crippen MR) is 85.8 cm³/mol. The number of furan rings is 1. The largest absolute Gasteiger partial charge is 0.472 e. The molecule has 1 aromatic carbocycles. The van der Waals surface area contributed by atoms with Gasteiger partial charge in [0.25, 0.3) is 5.91 Å². The SMILES string of the molecule is CN(Cc1ccoc1)C(=O)c1ccc(C2CCCNC2)cc1. The second-order valence-corrected chi connectivity index (χ2v) is 5.96. The Morgan fingerprint density at radius 3 is 2.77 bits per heavy atom. The molecule has 1 saturated heterocycles. The van der Waals surface area contributed by atoms with Gasteiger partial charge in [0.05, 0.1) is 12.5 Å². The molecule has 1 atom stereocenters. The maximum absolute atomic E-state index is 12.4. The van der Waals surface area contributed by atoms with Gasteiger partial charge in [0, 0.05) is 31.3 Å². The van der Waals surface area contributed by atoms with Gasteiger partial charge < -0.3 is 14.6 Å². The van der Waals surface area contributed by atoms with E-state index >= 15 is 0 Å². The predicted octanol–water partition coefficient (Wildman–Crippen LogP) is 3.02. The van der Waals surface area contributed by atoms with Gasteiger partial charge in [-0.3, -0.25) is 4.79 Å². The summed E-state index contributed by atoms with van der Waals surface area (Å²) in [5.41, 5.74) is 3.06. The minimum atomic E-state index is 0.0366. The number of rotatable bonds is 4. The third-order valence-electron chi connectivity index (χ3n) is 4.27. The number of amides is 1. The lowest BCUT2D eigenvalue weighted by atomic mass is 9.91. The summed E-state index contributed by atoms with van der Waals surface area (Å²) in [5, 5.41) is 3.43. The minimum Gasteiger partial charge on any atom is -0.472 e. The van der Waals surface area contributed by atoms with Crippen molar-refractivity contribution in [3.8, 4) is 0 Å². The maximum Gasteiger partial charge on any atom is 0.253 e. The molecule has 1 N–H and O–H groups in total. The van der Waals surface area contributed by atoms with Gasteiger partial charge in [-0.15, -0.1) is 0 Å². The van der Waals surface area contributed by atoms with E-state index in [9.17, 15) is 4.79 Å². The molecule has 4 heteroatoms. The fourth-order valence-corrected chi connectivity index (χ4v) is 2.98. The Bertz CT molecular complexity index is 599. The first-order valence-electron chi connectivity index (χ1n) is 7.81. The summed E-state index contributed by atoms with van der Waals surface area (Å²) < 4.78 is 5.04. The summed E-state index contributed by atoms with van der Waals surface area (Å²) in [5.74, 6) is 0.607. The topological polar surface area (TPSA) is 45.5 Å². The van der Waals surface area contributed by atoms with Gasteiger partial charge in [-0.1, -0.05) is 12.1 Å². The molecule has 0 aliphatic carbocycles. The molecule has 1 aromatic heterocycles. The summed E-state index contributed by atoms with van der Waals surface area (Å²) in [6, 6.07) is 9.95. The lowest BCUT2D eigenvalue weighted by Gasteiger charge is -2.23. The van der Waals surface area contributed by atoms with E-state index in [-0.39, 0.29) is 5.91 Å². The highest BCUT2D eigenvalue weighted by Gasteiger charge is 2.17. The van der Waals surface area contributed by atoms with Gasteiger partial charge in [-0.25, -0.2) is 0 Å². The van der Waals surface area contributed by atoms with E-state index in [0.717, 1.165) is 24.2 Å². The number of carbonyl (C=O) groups excluding carboxylic acids is 1. The fourth-order valence-electron chi connectivity index (χ4n) is 2.98. The Labute approximate surface area is 131 Å². The van der Waals surface area contributed by atoms with Crippen molar-refractivity contribution in [1.82, 2.24) is 10.2 Å². The van der Waals surface area contributed by atoms with Crippen molar-refractivity contribution in [2.45, 2.75) is 25.3 Å². The molecule has 22 heavy (non-hydrogen) atoms. The van der Waals surface area contributed by atoms with Crippen molar-refractivity contribution < 1.29 is 9.21 Å². The van der Waals surface area contributed by atoms with Crippen LogP contribution in [0.25, 0.3) is 0 Å². The van der Waals surface area contributed by atoms with E-state index in [1.54, 1.807) is 17.4 Å². The van der Waals surface area contributed by atoms with Gasteiger partial charge in [0.15, 0.2) is 0 Å². The molecular weight excluding hydrogens is 276 g/mol. The van der Waals surface area contributed by atoms with Crippen molar-refractivity contribution in [1.29, 1.82) is 0 Å². The molecule has 1 aliphatic rings. The lowest BCUT2D eigenvalue weighted by molar-refractivity contribution is 0.0785. The molecule has 0 spiro atoms. The molecule has 0 bridgehead atoms. The average molecular weight is 298 g/mol. The van der Waals surface area contributed by atoms with Crippen LogP contribution >= 0.6 is 0 Å². The first kappa shape index (κ1) is 14.9. The van der Waals surface area contributed by atoms with Crippen LogP contribution < -0.4 is 5.32 Å². The van der Waals surface area contributed by atoms with Crippen LogP contribution in [-0.2, 0) is 6.54 Å². The Hall–Kier alpha value is -2.07. The van der Waals surface area contributed by atoms with E-state index in [1.165, 1.54) is 18.4 Å². The van der Waals surface area contributed by atoms with Crippen LogP contribution in [0.1, 0.15) is 40.2 Å². The van der Waals surface area contributed by atoms with Crippen LogP contribution in [0.15, 0.2) is 47.3 Å². The standard InChI is InChI=1S/C18H22N2O2/c1-20(12-14-8-10-22-13-14)18(21)16-6-4-15(5-7-16)17-3-2-9-19-11-17/h4-8,10,13,17,19H,2-3,9,11-12H2,1H3. The molecule has 2 aromatic rings. The second-order valence-electron chi connectivity index (χ2n) is 5.96. The molecule has 2 heterocycles. The zero-order valence-electron chi connectivity index (χ0n) is 12.9. The number of nitrogens with zero attached hydrogens (tertiary/aromatic N) is 1. The molecule has 3 rings (SSSR count). The van der Waals surface area contributed by atoms with Crippen LogP contribution in [0, 0.1) is 0 Å². The number of benzene rings is 1. The van der Waals surface area contributed by atoms with Crippen LogP contribution in [0.5, 0.6) is 0 Å². The van der Waals surface area contributed by atoms with Gasteiger partial charge in [-0.05, 0) is 49.1 Å². The Balaban J connectivity index is 1.65.